The van der Waals surface area contributed by atoms with E-state index < -0.39 is 0 Å². The van der Waals surface area contributed by atoms with Gasteiger partial charge in [-0.1, -0.05) is 42.0 Å². The zero-order chi connectivity index (χ0) is 20.1. The Bertz CT molecular complexity index is 866. The summed E-state index contributed by atoms with van der Waals surface area (Å²) in [7, 11) is 0. The molecule has 1 aliphatic rings. The van der Waals surface area contributed by atoms with Gasteiger partial charge in [0.25, 0.3) is 0 Å². The highest BCUT2D eigenvalue weighted by atomic mass is 16.2. The number of likely N-dealkylation sites (tertiary alicyclic amines) is 1. The Morgan fingerprint density at radius 2 is 1.71 bits per heavy atom. The summed E-state index contributed by atoms with van der Waals surface area (Å²) in [6.07, 6.45) is 1.70. The second kappa shape index (κ2) is 8.83. The first-order chi connectivity index (χ1) is 13.4. The van der Waals surface area contributed by atoms with E-state index in [2.05, 4.69) is 5.32 Å². The molecule has 5 heteroatoms. The number of hydrogen-bond donors (Lipinski definition) is 1. The van der Waals surface area contributed by atoms with Crippen molar-refractivity contribution in [2.24, 2.45) is 5.92 Å². The third-order valence-corrected chi connectivity index (χ3v) is 5.23. The first kappa shape index (κ1) is 19.8. The van der Waals surface area contributed by atoms with Crippen molar-refractivity contribution in [2.75, 3.05) is 18.4 Å². The lowest BCUT2D eigenvalue weighted by Gasteiger charge is -2.31. The second-order valence-electron chi connectivity index (χ2n) is 7.44. The first-order valence-electron chi connectivity index (χ1n) is 9.67. The van der Waals surface area contributed by atoms with Crippen LogP contribution in [0.3, 0.4) is 0 Å². The molecular formula is C23H26N2O3. The number of piperidine rings is 1. The molecule has 5 nitrogen and oxygen atoms in total. The Morgan fingerprint density at radius 1 is 1.04 bits per heavy atom. The van der Waals surface area contributed by atoms with Gasteiger partial charge >= 0.3 is 0 Å². The van der Waals surface area contributed by atoms with Crippen molar-refractivity contribution in [3.63, 3.8) is 0 Å². The van der Waals surface area contributed by atoms with Gasteiger partial charge in [-0.3, -0.25) is 14.4 Å². The molecule has 1 fully saturated rings. The van der Waals surface area contributed by atoms with Crippen LogP contribution in [0.1, 0.15) is 41.3 Å². The lowest BCUT2D eigenvalue weighted by molar-refractivity contribution is -0.133. The van der Waals surface area contributed by atoms with E-state index in [4.69, 9.17) is 0 Å². The van der Waals surface area contributed by atoms with Crippen LogP contribution in [0, 0.1) is 12.8 Å². The van der Waals surface area contributed by atoms with Crippen molar-refractivity contribution < 1.29 is 14.4 Å². The van der Waals surface area contributed by atoms with Crippen LogP contribution >= 0.6 is 0 Å². The summed E-state index contributed by atoms with van der Waals surface area (Å²) in [5.41, 5.74) is 3.41. The van der Waals surface area contributed by atoms with Crippen LogP contribution < -0.4 is 5.32 Å². The predicted octanol–water partition coefficient (Wildman–Crippen LogP) is 3.62. The molecule has 2 aromatic carbocycles. The maximum absolute atomic E-state index is 12.5. The highest BCUT2D eigenvalue weighted by Crippen LogP contribution is 2.21. The number of nitrogens with zero attached hydrogens (tertiary/aromatic N) is 1. The highest BCUT2D eigenvalue weighted by Gasteiger charge is 2.27. The molecule has 0 saturated carbocycles. The number of anilines is 1. The van der Waals surface area contributed by atoms with Crippen molar-refractivity contribution in [3.8, 4) is 0 Å². The van der Waals surface area contributed by atoms with Crippen LogP contribution in [0.2, 0.25) is 0 Å². The van der Waals surface area contributed by atoms with Crippen LogP contribution in [0.4, 0.5) is 5.69 Å². The molecule has 0 aromatic heterocycles. The maximum Gasteiger partial charge on any atom is 0.227 e. The van der Waals surface area contributed by atoms with E-state index in [0.29, 0.717) is 43.6 Å². The average Bonchev–Trinajstić information content (AvgIpc) is 2.70. The van der Waals surface area contributed by atoms with Gasteiger partial charge in [0.05, 0.1) is 6.42 Å². The summed E-state index contributed by atoms with van der Waals surface area (Å²) < 4.78 is 0. The van der Waals surface area contributed by atoms with E-state index in [1.165, 1.54) is 12.5 Å². The molecule has 1 saturated heterocycles. The molecular weight excluding hydrogens is 352 g/mol. The van der Waals surface area contributed by atoms with Crippen molar-refractivity contribution in [1.29, 1.82) is 0 Å². The molecule has 146 valence electrons. The number of amides is 2. The second-order valence-corrected chi connectivity index (χ2v) is 7.44. The fourth-order valence-corrected chi connectivity index (χ4v) is 3.44. The SMILES string of the molecule is CC(=O)c1cccc(NC(=O)C2CCN(C(=O)Cc3ccc(C)cc3)CC2)c1. The minimum Gasteiger partial charge on any atom is -0.342 e. The summed E-state index contributed by atoms with van der Waals surface area (Å²) >= 11 is 0. The van der Waals surface area contributed by atoms with Crippen molar-refractivity contribution in [3.05, 3.63) is 65.2 Å². The number of Topliss-reactive ketones (excluding diaryl/α,β-unsaturated/α-hetero) is 1. The summed E-state index contributed by atoms with van der Waals surface area (Å²) in [5, 5.41) is 2.90. The van der Waals surface area contributed by atoms with Crippen LogP contribution in [0.5, 0.6) is 0 Å². The van der Waals surface area contributed by atoms with Gasteiger partial charge in [0.15, 0.2) is 5.78 Å². The quantitative estimate of drug-likeness (QED) is 0.808. The van der Waals surface area contributed by atoms with Crippen LogP contribution in [0.25, 0.3) is 0 Å². The molecule has 0 aliphatic carbocycles. The lowest BCUT2D eigenvalue weighted by Crippen LogP contribution is -2.42. The van der Waals surface area contributed by atoms with E-state index in [9.17, 15) is 14.4 Å². The molecule has 1 N–H and O–H groups in total. The minimum atomic E-state index is -0.121. The number of aryl methyl sites for hydroxylation is 1. The molecule has 1 heterocycles. The Morgan fingerprint density at radius 3 is 2.36 bits per heavy atom. The zero-order valence-electron chi connectivity index (χ0n) is 16.4. The van der Waals surface area contributed by atoms with Gasteiger partial charge in [-0.15, -0.1) is 0 Å². The van der Waals surface area contributed by atoms with Gasteiger partial charge in [-0.2, -0.15) is 0 Å². The molecule has 3 rings (SSSR count). The number of rotatable bonds is 5. The third-order valence-electron chi connectivity index (χ3n) is 5.23. The first-order valence-corrected chi connectivity index (χ1v) is 9.67. The van der Waals surface area contributed by atoms with Crippen molar-refractivity contribution >= 4 is 23.3 Å². The third kappa shape index (κ3) is 5.06. The van der Waals surface area contributed by atoms with E-state index in [-0.39, 0.29) is 23.5 Å². The average molecular weight is 378 g/mol. The topological polar surface area (TPSA) is 66.5 Å². The summed E-state index contributed by atoms with van der Waals surface area (Å²) in [5.74, 6) is -0.0934. The van der Waals surface area contributed by atoms with E-state index >= 15 is 0 Å². The Kier molecular flexibility index (Phi) is 6.24. The summed E-state index contributed by atoms with van der Waals surface area (Å²) in [6.45, 7) is 4.72. The number of nitrogens with one attached hydrogen (secondary N) is 1. The normalized spacial score (nSPS) is 14.6. The summed E-state index contributed by atoms with van der Waals surface area (Å²) in [6, 6.07) is 15.0. The number of carbonyl (C=O) groups is 3. The largest absolute Gasteiger partial charge is 0.342 e. The lowest BCUT2D eigenvalue weighted by atomic mass is 9.95. The molecule has 0 unspecified atom stereocenters. The Labute approximate surface area is 165 Å². The Hall–Kier alpha value is -2.95. The van der Waals surface area contributed by atoms with E-state index in [0.717, 1.165) is 5.56 Å². The van der Waals surface area contributed by atoms with Gasteiger partial charge in [0.2, 0.25) is 11.8 Å². The summed E-state index contributed by atoms with van der Waals surface area (Å²) in [4.78, 5) is 38.4. The number of ketones is 1. The maximum atomic E-state index is 12.5. The molecule has 0 radical (unpaired) electrons. The van der Waals surface area contributed by atoms with Gasteiger partial charge < -0.3 is 10.2 Å². The van der Waals surface area contributed by atoms with Gasteiger partial charge in [-0.05, 0) is 44.4 Å². The fourth-order valence-electron chi connectivity index (χ4n) is 3.44. The minimum absolute atomic E-state index is 0.0310. The molecule has 0 spiro atoms. The van der Waals surface area contributed by atoms with Gasteiger partial charge in [0, 0.05) is 30.3 Å². The van der Waals surface area contributed by atoms with Crippen molar-refractivity contribution in [1.82, 2.24) is 4.90 Å². The van der Waals surface area contributed by atoms with E-state index in [1.807, 2.05) is 36.1 Å². The molecule has 1 aliphatic heterocycles. The standard InChI is InChI=1S/C23H26N2O3/c1-16-6-8-18(9-7-16)14-22(27)25-12-10-19(11-13-25)23(28)24-21-5-3-4-20(15-21)17(2)26/h3-9,15,19H,10-14H2,1-2H3,(H,24,28). The van der Waals surface area contributed by atoms with Crippen LogP contribution in [0.15, 0.2) is 48.5 Å². The molecule has 0 atom stereocenters. The Balaban J connectivity index is 1.51. The van der Waals surface area contributed by atoms with Gasteiger partial charge in [0.1, 0.15) is 0 Å². The molecule has 28 heavy (non-hydrogen) atoms. The van der Waals surface area contributed by atoms with Crippen LogP contribution in [-0.2, 0) is 16.0 Å². The smallest absolute Gasteiger partial charge is 0.227 e. The number of hydrogen-bond acceptors (Lipinski definition) is 3. The molecule has 2 aromatic rings. The van der Waals surface area contributed by atoms with Gasteiger partial charge in [-0.25, -0.2) is 0 Å². The monoisotopic (exact) mass is 378 g/mol. The predicted molar refractivity (Wildman–Crippen MR) is 109 cm³/mol. The molecule has 0 bridgehead atoms. The highest BCUT2D eigenvalue weighted by molar-refractivity contribution is 5.97. The van der Waals surface area contributed by atoms with Crippen molar-refractivity contribution in [2.45, 2.75) is 33.1 Å². The number of carbonyl (C=O) groups excluding carboxylic acids is 3. The fraction of sp³-hybridized carbons (Fsp3) is 0.348. The van der Waals surface area contributed by atoms with E-state index in [1.54, 1.807) is 24.3 Å². The number of benzene rings is 2. The molecule has 2 amide bonds. The van der Waals surface area contributed by atoms with Crippen LogP contribution in [-0.4, -0.2) is 35.6 Å². The zero-order valence-corrected chi connectivity index (χ0v) is 16.4.